The highest BCUT2D eigenvalue weighted by Crippen LogP contribution is 2.41. The molecule has 0 aromatic heterocycles. The van der Waals surface area contributed by atoms with Gasteiger partial charge < -0.3 is 24.3 Å². The zero-order valence-corrected chi connectivity index (χ0v) is 17.7. The van der Waals surface area contributed by atoms with Crippen LogP contribution in [0.15, 0.2) is 46.3 Å². The minimum absolute atomic E-state index is 0.307. The van der Waals surface area contributed by atoms with Gasteiger partial charge in [0.1, 0.15) is 0 Å². The van der Waals surface area contributed by atoms with Gasteiger partial charge in [0.2, 0.25) is 5.75 Å². The standard InChI is InChI=1S/C21H20N2O6S/c1-26-15-10-9-12(17(27-2)18(15)28-3)11-16-19(24)23-21(30-16)22-14-8-6-5-7-13(14)20(25)29-4/h5-11H,1-4H3,(H,22,23,24)/b16-11-. The number of methoxy groups -OCH3 is 4. The number of amides is 1. The average molecular weight is 428 g/mol. The van der Waals surface area contributed by atoms with Crippen LogP contribution in [0.3, 0.4) is 0 Å². The molecular weight excluding hydrogens is 408 g/mol. The molecule has 1 aliphatic rings. The van der Waals surface area contributed by atoms with E-state index in [1.54, 1.807) is 42.5 Å². The monoisotopic (exact) mass is 428 g/mol. The van der Waals surface area contributed by atoms with Gasteiger partial charge in [0.05, 0.1) is 44.6 Å². The molecule has 1 saturated heterocycles. The van der Waals surface area contributed by atoms with Crippen LogP contribution in [0.1, 0.15) is 15.9 Å². The third-order valence-electron chi connectivity index (χ3n) is 4.20. The van der Waals surface area contributed by atoms with Crippen molar-refractivity contribution < 1.29 is 28.5 Å². The average Bonchev–Trinajstić information content (AvgIpc) is 3.11. The Hall–Kier alpha value is -3.46. The van der Waals surface area contributed by atoms with E-state index < -0.39 is 5.97 Å². The van der Waals surface area contributed by atoms with Crippen molar-refractivity contribution >= 4 is 40.6 Å². The van der Waals surface area contributed by atoms with Crippen LogP contribution in [-0.4, -0.2) is 45.5 Å². The van der Waals surface area contributed by atoms with Gasteiger partial charge in [-0.1, -0.05) is 12.1 Å². The number of rotatable bonds is 6. The quantitative estimate of drug-likeness (QED) is 0.557. The summed E-state index contributed by atoms with van der Waals surface area (Å²) in [6.45, 7) is 0. The van der Waals surface area contributed by atoms with E-state index in [1.807, 2.05) is 0 Å². The molecule has 1 aliphatic heterocycles. The highest BCUT2D eigenvalue weighted by atomic mass is 32.2. The summed E-state index contributed by atoms with van der Waals surface area (Å²) in [5, 5.41) is 3.05. The number of hydrogen-bond acceptors (Lipinski definition) is 8. The smallest absolute Gasteiger partial charge is 0.340 e. The maximum atomic E-state index is 12.5. The first-order chi connectivity index (χ1) is 14.5. The van der Waals surface area contributed by atoms with Gasteiger partial charge in [-0.05, 0) is 42.1 Å². The third-order valence-corrected chi connectivity index (χ3v) is 5.11. The lowest BCUT2D eigenvalue weighted by Crippen LogP contribution is -2.19. The molecule has 0 unspecified atom stereocenters. The molecule has 1 heterocycles. The molecule has 0 saturated carbocycles. The molecule has 30 heavy (non-hydrogen) atoms. The fourth-order valence-electron chi connectivity index (χ4n) is 2.82. The molecule has 8 nitrogen and oxygen atoms in total. The van der Waals surface area contributed by atoms with Crippen LogP contribution in [0.2, 0.25) is 0 Å². The lowest BCUT2D eigenvalue weighted by Gasteiger charge is -2.14. The summed E-state index contributed by atoms with van der Waals surface area (Å²) in [4.78, 5) is 29.2. The minimum Gasteiger partial charge on any atom is -0.493 e. The van der Waals surface area contributed by atoms with Crippen LogP contribution >= 0.6 is 11.8 Å². The maximum Gasteiger partial charge on any atom is 0.340 e. The molecular formula is C21H20N2O6S. The fraction of sp³-hybridized carbons (Fsp3) is 0.190. The van der Waals surface area contributed by atoms with Gasteiger partial charge in [-0.15, -0.1) is 0 Å². The highest BCUT2D eigenvalue weighted by molar-refractivity contribution is 8.18. The zero-order valence-electron chi connectivity index (χ0n) is 16.8. The number of hydrogen-bond donors (Lipinski definition) is 1. The first kappa shape index (κ1) is 21.3. The molecule has 156 valence electrons. The van der Waals surface area contributed by atoms with E-state index in [0.29, 0.717) is 44.1 Å². The van der Waals surface area contributed by atoms with E-state index in [2.05, 4.69) is 10.3 Å². The summed E-state index contributed by atoms with van der Waals surface area (Å²) in [5.41, 5.74) is 1.35. The number of ether oxygens (including phenoxy) is 4. The predicted octanol–water partition coefficient (Wildman–Crippen LogP) is 3.39. The topological polar surface area (TPSA) is 95.5 Å². The van der Waals surface area contributed by atoms with E-state index in [0.717, 1.165) is 11.8 Å². The normalized spacial score (nSPS) is 15.8. The molecule has 1 N–H and O–H groups in total. The Kier molecular flexibility index (Phi) is 6.63. The number of carbonyl (C=O) groups excluding carboxylic acids is 2. The SMILES string of the molecule is COC(=O)c1ccccc1N=C1NC(=O)/C(=C/c2ccc(OC)c(OC)c2OC)S1. The lowest BCUT2D eigenvalue weighted by molar-refractivity contribution is -0.115. The number of carbonyl (C=O) groups is 2. The number of esters is 1. The van der Waals surface area contributed by atoms with E-state index >= 15 is 0 Å². The van der Waals surface area contributed by atoms with Crippen molar-refractivity contribution in [3.05, 3.63) is 52.4 Å². The third kappa shape index (κ3) is 4.25. The molecule has 3 rings (SSSR count). The van der Waals surface area contributed by atoms with Crippen molar-refractivity contribution in [2.45, 2.75) is 0 Å². The van der Waals surface area contributed by atoms with Crippen molar-refractivity contribution in [3.8, 4) is 17.2 Å². The van der Waals surface area contributed by atoms with E-state index in [1.165, 1.54) is 28.4 Å². The Morgan fingerprint density at radius 3 is 2.40 bits per heavy atom. The zero-order chi connectivity index (χ0) is 21.7. The number of para-hydroxylation sites is 1. The summed E-state index contributed by atoms with van der Waals surface area (Å²) < 4.78 is 20.9. The number of amidine groups is 1. The molecule has 0 spiro atoms. The van der Waals surface area contributed by atoms with Gasteiger partial charge in [0, 0.05) is 5.56 Å². The second-order valence-electron chi connectivity index (χ2n) is 5.91. The number of nitrogens with one attached hydrogen (secondary N) is 1. The fourth-order valence-corrected chi connectivity index (χ4v) is 3.65. The Bertz CT molecular complexity index is 1050. The Balaban J connectivity index is 1.95. The number of aliphatic imine (C=N–C) groups is 1. The minimum atomic E-state index is -0.505. The molecule has 1 fully saturated rings. The lowest BCUT2D eigenvalue weighted by atomic mass is 10.1. The number of nitrogens with zero attached hydrogens (tertiary/aromatic N) is 1. The molecule has 1 amide bonds. The van der Waals surface area contributed by atoms with Crippen molar-refractivity contribution in [3.63, 3.8) is 0 Å². The summed E-state index contributed by atoms with van der Waals surface area (Å²) in [6.07, 6.45) is 1.68. The van der Waals surface area contributed by atoms with Crippen LogP contribution in [0.5, 0.6) is 17.2 Å². The molecule has 0 bridgehead atoms. The van der Waals surface area contributed by atoms with E-state index in [9.17, 15) is 9.59 Å². The molecule has 0 aliphatic carbocycles. The van der Waals surface area contributed by atoms with Gasteiger partial charge in [-0.25, -0.2) is 9.79 Å². The van der Waals surface area contributed by atoms with Gasteiger partial charge in [-0.3, -0.25) is 4.79 Å². The second kappa shape index (κ2) is 9.36. The van der Waals surface area contributed by atoms with Crippen LogP contribution in [0.4, 0.5) is 5.69 Å². The van der Waals surface area contributed by atoms with Crippen LogP contribution in [-0.2, 0) is 9.53 Å². The first-order valence-electron chi connectivity index (χ1n) is 8.78. The second-order valence-corrected chi connectivity index (χ2v) is 6.94. The molecule has 9 heteroatoms. The summed E-state index contributed by atoms with van der Waals surface area (Å²) in [7, 11) is 5.86. The van der Waals surface area contributed by atoms with E-state index in [-0.39, 0.29) is 5.91 Å². The summed E-state index contributed by atoms with van der Waals surface area (Å²) >= 11 is 1.15. The largest absolute Gasteiger partial charge is 0.493 e. The summed E-state index contributed by atoms with van der Waals surface area (Å²) in [5.74, 6) is 0.570. The van der Waals surface area contributed by atoms with Crippen molar-refractivity contribution in [1.82, 2.24) is 5.32 Å². The van der Waals surface area contributed by atoms with Gasteiger partial charge in [-0.2, -0.15) is 0 Å². The summed E-state index contributed by atoms with van der Waals surface area (Å²) in [6, 6.07) is 10.2. The van der Waals surface area contributed by atoms with Crippen molar-refractivity contribution in [2.75, 3.05) is 28.4 Å². The van der Waals surface area contributed by atoms with Crippen LogP contribution in [0.25, 0.3) is 6.08 Å². The highest BCUT2D eigenvalue weighted by Gasteiger charge is 2.26. The molecule has 0 atom stereocenters. The van der Waals surface area contributed by atoms with Gasteiger partial charge in [0.25, 0.3) is 5.91 Å². The first-order valence-corrected chi connectivity index (χ1v) is 9.60. The number of benzene rings is 2. The van der Waals surface area contributed by atoms with E-state index in [4.69, 9.17) is 18.9 Å². The molecule has 2 aromatic rings. The Labute approximate surface area is 177 Å². The Morgan fingerprint density at radius 2 is 1.73 bits per heavy atom. The number of thioether (sulfide) groups is 1. The Morgan fingerprint density at radius 1 is 1.00 bits per heavy atom. The van der Waals surface area contributed by atoms with Crippen LogP contribution in [0, 0.1) is 0 Å². The van der Waals surface area contributed by atoms with Gasteiger partial charge in [0.15, 0.2) is 16.7 Å². The molecule has 2 aromatic carbocycles. The maximum absolute atomic E-state index is 12.5. The predicted molar refractivity (Wildman–Crippen MR) is 115 cm³/mol. The van der Waals surface area contributed by atoms with Crippen molar-refractivity contribution in [1.29, 1.82) is 0 Å². The molecule has 0 radical (unpaired) electrons. The van der Waals surface area contributed by atoms with Crippen molar-refractivity contribution in [2.24, 2.45) is 4.99 Å². The van der Waals surface area contributed by atoms with Gasteiger partial charge >= 0.3 is 5.97 Å². The van der Waals surface area contributed by atoms with Crippen LogP contribution < -0.4 is 19.5 Å².